The van der Waals surface area contributed by atoms with Crippen LogP contribution in [0.25, 0.3) is 5.69 Å². The van der Waals surface area contributed by atoms with Crippen molar-refractivity contribution in [2.24, 2.45) is 0 Å². The normalized spacial score (nSPS) is 16.3. The summed E-state index contributed by atoms with van der Waals surface area (Å²) in [7, 11) is 0. The molecule has 1 fully saturated rings. The molecule has 1 atom stereocenters. The van der Waals surface area contributed by atoms with Crippen molar-refractivity contribution in [2.75, 3.05) is 23.7 Å². The highest BCUT2D eigenvalue weighted by atomic mass is 35.5. The number of hydrogen-bond donors (Lipinski definition) is 2. The van der Waals surface area contributed by atoms with Crippen LogP contribution in [0.4, 0.5) is 16.2 Å². The molecule has 1 saturated heterocycles. The van der Waals surface area contributed by atoms with E-state index in [1.165, 1.54) is 0 Å². The second kappa shape index (κ2) is 7.76. The summed E-state index contributed by atoms with van der Waals surface area (Å²) in [6.07, 6.45) is 4.78. The monoisotopic (exact) mass is 380 g/mol. The molecule has 3 aromatic rings. The van der Waals surface area contributed by atoms with E-state index in [0.717, 1.165) is 30.0 Å². The number of nitrogens with zero attached hydrogens (tertiary/aromatic N) is 2. The van der Waals surface area contributed by atoms with E-state index in [1.807, 2.05) is 76.5 Å². The van der Waals surface area contributed by atoms with Gasteiger partial charge in [-0.3, -0.25) is 0 Å². The average Bonchev–Trinajstić information content (AvgIpc) is 3.36. The van der Waals surface area contributed by atoms with Gasteiger partial charge in [-0.15, -0.1) is 0 Å². The van der Waals surface area contributed by atoms with Crippen LogP contribution in [0.5, 0.6) is 0 Å². The molecule has 6 heteroatoms. The minimum absolute atomic E-state index is 0.0944. The second-order valence-corrected chi connectivity index (χ2v) is 7.06. The standard InChI is InChI=1S/C21H21ClN4O/c22-16-8-9-19(20(14-16)25-11-4-5-12-25)24-21(27)26-13-10-18(15-26)23-17-6-2-1-3-7-17/h1-9,11-12,14,18,23H,10,13,15H2,(H,24,27). The van der Waals surface area contributed by atoms with Gasteiger partial charge in [0.25, 0.3) is 0 Å². The Morgan fingerprint density at radius 3 is 2.59 bits per heavy atom. The number of hydrogen-bond acceptors (Lipinski definition) is 2. The van der Waals surface area contributed by atoms with E-state index in [9.17, 15) is 4.79 Å². The quantitative estimate of drug-likeness (QED) is 0.679. The van der Waals surface area contributed by atoms with Crippen LogP contribution in [0, 0.1) is 0 Å². The Bertz CT molecular complexity index is 911. The minimum atomic E-state index is -0.0944. The summed E-state index contributed by atoms with van der Waals surface area (Å²) in [5.74, 6) is 0. The Morgan fingerprint density at radius 2 is 1.81 bits per heavy atom. The topological polar surface area (TPSA) is 49.3 Å². The lowest BCUT2D eigenvalue weighted by Crippen LogP contribution is -2.35. The van der Waals surface area contributed by atoms with Gasteiger partial charge in [-0.25, -0.2) is 4.79 Å². The van der Waals surface area contributed by atoms with Crippen molar-refractivity contribution in [3.05, 3.63) is 78.1 Å². The van der Waals surface area contributed by atoms with Gasteiger partial charge >= 0.3 is 6.03 Å². The van der Waals surface area contributed by atoms with E-state index in [1.54, 1.807) is 6.07 Å². The molecule has 5 nitrogen and oxygen atoms in total. The van der Waals surface area contributed by atoms with Crippen molar-refractivity contribution in [1.82, 2.24) is 9.47 Å². The molecule has 2 amide bonds. The highest BCUT2D eigenvalue weighted by Crippen LogP contribution is 2.25. The number of carbonyl (C=O) groups is 1. The van der Waals surface area contributed by atoms with Crippen molar-refractivity contribution in [3.63, 3.8) is 0 Å². The molecule has 1 aliphatic heterocycles. The van der Waals surface area contributed by atoms with Gasteiger partial charge in [0.15, 0.2) is 0 Å². The summed E-state index contributed by atoms with van der Waals surface area (Å²) in [5.41, 5.74) is 2.66. The molecule has 1 unspecified atom stereocenters. The van der Waals surface area contributed by atoms with Crippen molar-refractivity contribution in [1.29, 1.82) is 0 Å². The SMILES string of the molecule is O=C(Nc1ccc(Cl)cc1-n1cccc1)N1CCC(Nc2ccccc2)C1. The van der Waals surface area contributed by atoms with Crippen LogP contribution in [0.3, 0.4) is 0 Å². The first kappa shape index (κ1) is 17.5. The van der Waals surface area contributed by atoms with E-state index in [4.69, 9.17) is 11.6 Å². The average molecular weight is 381 g/mol. The number of para-hydroxylation sites is 1. The number of amides is 2. The van der Waals surface area contributed by atoms with Gasteiger partial charge in [0.2, 0.25) is 0 Å². The first-order valence-electron chi connectivity index (χ1n) is 8.99. The lowest BCUT2D eigenvalue weighted by atomic mass is 10.2. The van der Waals surface area contributed by atoms with Gasteiger partial charge in [0, 0.05) is 42.2 Å². The fourth-order valence-corrected chi connectivity index (χ4v) is 3.51. The van der Waals surface area contributed by atoms with Gasteiger partial charge in [-0.05, 0) is 48.9 Å². The third kappa shape index (κ3) is 4.09. The summed E-state index contributed by atoms with van der Waals surface area (Å²) in [6, 6.07) is 19.6. The van der Waals surface area contributed by atoms with Crippen LogP contribution >= 0.6 is 11.6 Å². The molecule has 27 heavy (non-hydrogen) atoms. The second-order valence-electron chi connectivity index (χ2n) is 6.62. The van der Waals surface area contributed by atoms with Crippen molar-refractivity contribution in [3.8, 4) is 5.69 Å². The smallest absolute Gasteiger partial charge is 0.321 e. The molecule has 1 aromatic heterocycles. The lowest BCUT2D eigenvalue weighted by molar-refractivity contribution is 0.222. The van der Waals surface area contributed by atoms with E-state index >= 15 is 0 Å². The molecule has 0 bridgehead atoms. The molecule has 0 spiro atoms. The van der Waals surface area contributed by atoms with Crippen LogP contribution < -0.4 is 10.6 Å². The van der Waals surface area contributed by atoms with E-state index < -0.39 is 0 Å². The fourth-order valence-electron chi connectivity index (χ4n) is 3.35. The maximum absolute atomic E-state index is 12.8. The molecule has 2 aromatic carbocycles. The predicted molar refractivity (Wildman–Crippen MR) is 110 cm³/mol. The zero-order valence-electron chi connectivity index (χ0n) is 14.8. The Labute approximate surface area is 163 Å². The first-order chi connectivity index (χ1) is 13.2. The molecule has 4 rings (SSSR count). The molecule has 2 N–H and O–H groups in total. The maximum Gasteiger partial charge on any atom is 0.321 e. The van der Waals surface area contributed by atoms with Crippen molar-refractivity contribution >= 4 is 29.0 Å². The van der Waals surface area contributed by atoms with Gasteiger partial charge in [0.1, 0.15) is 0 Å². The molecular weight excluding hydrogens is 360 g/mol. The third-order valence-electron chi connectivity index (χ3n) is 4.70. The van der Waals surface area contributed by atoms with Gasteiger partial charge in [-0.1, -0.05) is 29.8 Å². The largest absolute Gasteiger partial charge is 0.380 e. The molecule has 0 aliphatic carbocycles. The Hall–Kier alpha value is -2.92. The number of anilines is 2. The number of likely N-dealkylation sites (tertiary alicyclic amines) is 1. The zero-order valence-corrected chi connectivity index (χ0v) is 15.6. The zero-order chi connectivity index (χ0) is 18.6. The third-order valence-corrected chi connectivity index (χ3v) is 4.94. The molecule has 138 valence electrons. The first-order valence-corrected chi connectivity index (χ1v) is 9.37. The highest BCUT2D eigenvalue weighted by Gasteiger charge is 2.26. The molecular formula is C21H21ClN4O. The van der Waals surface area contributed by atoms with E-state index in [0.29, 0.717) is 11.6 Å². The summed E-state index contributed by atoms with van der Waals surface area (Å²) in [6.45, 7) is 1.40. The lowest BCUT2D eigenvalue weighted by Gasteiger charge is -2.20. The summed E-state index contributed by atoms with van der Waals surface area (Å²) < 4.78 is 1.94. The fraction of sp³-hybridized carbons (Fsp3) is 0.190. The number of urea groups is 1. The number of nitrogens with one attached hydrogen (secondary N) is 2. The summed E-state index contributed by atoms with van der Waals surface area (Å²) in [5, 5.41) is 7.15. The van der Waals surface area contributed by atoms with E-state index in [-0.39, 0.29) is 12.1 Å². The van der Waals surface area contributed by atoms with Crippen LogP contribution in [0.15, 0.2) is 73.1 Å². The number of benzene rings is 2. The molecule has 0 saturated carbocycles. The van der Waals surface area contributed by atoms with Gasteiger partial charge in [-0.2, -0.15) is 0 Å². The van der Waals surface area contributed by atoms with Gasteiger partial charge < -0.3 is 20.1 Å². The predicted octanol–water partition coefficient (Wildman–Crippen LogP) is 4.85. The van der Waals surface area contributed by atoms with Crippen LogP contribution in [-0.2, 0) is 0 Å². The summed E-state index contributed by atoms with van der Waals surface area (Å²) >= 11 is 6.15. The Kier molecular flexibility index (Phi) is 5.03. The Balaban J connectivity index is 1.43. The summed E-state index contributed by atoms with van der Waals surface area (Å²) in [4.78, 5) is 14.6. The minimum Gasteiger partial charge on any atom is -0.380 e. The number of aromatic nitrogens is 1. The van der Waals surface area contributed by atoms with Gasteiger partial charge in [0.05, 0.1) is 11.4 Å². The molecule has 2 heterocycles. The Morgan fingerprint density at radius 1 is 1.04 bits per heavy atom. The van der Waals surface area contributed by atoms with Crippen LogP contribution in [0.2, 0.25) is 5.02 Å². The van der Waals surface area contributed by atoms with Crippen LogP contribution in [0.1, 0.15) is 6.42 Å². The number of halogens is 1. The maximum atomic E-state index is 12.8. The van der Waals surface area contributed by atoms with Crippen molar-refractivity contribution < 1.29 is 4.79 Å². The highest BCUT2D eigenvalue weighted by molar-refractivity contribution is 6.30. The van der Waals surface area contributed by atoms with Crippen LogP contribution in [-0.4, -0.2) is 34.6 Å². The van der Waals surface area contributed by atoms with Crippen molar-refractivity contribution in [2.45, 2.75) is 12.5 Å². The number of rotatable bonds is 4. The van der Waals surface area contributed by atoms with E-state index in [2.05, 4.69) is 10.6 Å². The number of carbonyl (C=O) groups excluding carboxylic acids is 1. The molecule has 0 radical (unpaired) electrons. The molecule has 1 aliphatic rings.